The summed E-state index contributed by atoms with van der Waals surface area (Å²) in [5.41, 5.74) is 11.3. The molecule has 13 rings (SSSR count). The second kappa shape index (κ2) is 13.7. The smallest absolute Gasteiger partial charge is 0.299 e. The summed E-state index contributed by atoms with van der Waals surface area (Å²) in [7, 11) is 0. The monoisotopic (exact) mass is 813 g/mol. The molecule has 0 spiro atoms. The van der Waals surface area contributed by atoms with E-state index in [1.165, 1.54) is 36.5 Å². The molecule has 6 heteroatoms. The Kier molecular flexibility index (Phi) is 7.71. The molecule has 0 unspecified atom stereocenters. The highest BCUT2D eigenvalue weighted by Crippen LogP contribution is 2.46. The minimum atomic E-state index is 0.516. The van der Waals surface area contributed by atoms with E-state index in [9.17, 15) is 0 Å². The van der Waals surface area contributed by atoms with Crippen molar-refractivity contribution in [2.45, 2.75) is 0 Å². The molecular formula is C56H35N3O2S. The first-order chi connectivity index (χ1) is 30.7. The van der Waals surface area contributed by atoms with Crippen molar-refractivity contribution in [1.29, 1.82) is 0 Å². The van der Waals surface area contributed by atoms with Crippen molar-refractivity contribution in [2.75, 3.05) is 9.80 Å². The predicted molar refractivity (Wildman–Crippen MR) is 260 cm³/mol. The predicted octanol–water partition coefficient (Wildman–Crippen LogP) is 16.7. The molecule has 13 aromatic rings. The van der Waals surface area contributed by atoms with Crippen LogP contribution < -0.4 is 9.80 Å². The number of nitrogens with zero attached hydrogens (tertiary/aromatic N) is 3. The molecule has 0 N–H and O–H groups in total. The molecule has 62 heavy (non-hydrogen) atoms. The van der Waals surface area contributed by atoms with E-state index < -0.39 is 0 Å². The van der Waals surface area contributed by atoms with Gasteiger partial charge in [0.05, 0.1) is 16.4 Å². The molecule has 4 aromatic heterocycles. The SMILES string of the molecule is c1ccc(N(c2ccc3c(c2)oc2oc4ccc(N(c5ccccc5)c5ccc6c7ccccc7n(-c7ccccc7)c6c5)cc4c23)c2ccc3sc4ccccc4c3c2)cc1. The quantitative estimate of drug-likeness (QED) is 0.161. The second-order valence-electron chi connectivity index (χ2n) is 15.7. The van der Waals surface area contributed by atoms with Crippen molar-refractivity contribution in [3.63, 3.8) is 0 Å². The van der Waals surface area contributed by atoms with Crippen LogP contribution in [0.2, 0.25) is 0 Å². The fourth-order valence-corrected chi connectivity index (χ4v) is 10.5. The maximum atomic E-state index is 6.61. The molecule has 292 valence electrons. The molecule has 9 aromatic carbocycles. The van der Waals surface area contributed by atoms with E-state index in [0.717, 1.165) is 72.7 Å². The van der Waals surface area contributed by atoms with E-state index in [1.54, 1.807) is 0 Å². The summed E-state index contributed by atoms with van der Waals surface area (Å²) in [5.74, 6) is 0.516. The number of fused-ring (bicyclic) bond motifs is 11. The van der Waals surface area contributed by atoms with Crippen molar-refractivity contribution >= 4 is 121 Å². The third kappa shape index (κ3) is 5.40. The van der Waals surface area contributed by atoms with Crippen molar-refractivity contribution in [3.05, 3.63) is 212 Å². The van der Waals surface area contributed by atoms with E-state index in [4.69, 9.17) is 8.83 Å². The molecule has 0 atom stereocenters. The van der Waals surface area contributed by atoms with E-state index >= 15 is 0 Å². The maximum absolute atomic E-state index is 6.61. The zero-order chi connectivity index (χ0) is 40.7. The summed E-state index contributed by atoms with van der Waals surface area (Å²) in [5, 5.41) is 7.94. The van der Waals surface area contributed by atoms with Crippen molar-refractivity contribution in [3.8, 4) is 5.69 Å². The van der Waals surface area contributed by atoms with Crippen LogP contribution in [0.4, 0.5) is 34.1 Å². The van der Waals surface area contributed by atoms with Crippen LogP contribution in [0, 0.1) is 0 Å². The third-order valence-corrected chi connectivity index (χ3v) is 13.3. The van der Waals surface area contributed by atoms with Gasteiger partial charge in [-0.2, -0.15) is 0 Å². The van der Waals surface area contributed by atoms with Crippen LogP contribution in [0.5, 0.6) is 0 Å². The number of aromatic nitrogens is 1. The van der Waals surface area contributed by atoms with Crippen LogP contribution in [0.3, 0.4) is 0 Å². The van der Waals surface area contributed by atoms with Gasteiger partial charge in [-0.1, -0.05) is 97.1 Å². The lowest BCUT2D eigenvalue weighted by atomic mass is 10.1. The summed E-state index contributed by atoms with van der Waals surface area (Å²) < 4.78 is 18.0. The summed E-state index contributed by atoms with van der Waals surface area (Å²) in [6.45, 7) is 0. The lowest BCUT2D eigenvalue weighted by Gasteiger charge is -2.26. The first-order valence-corrected chi connectivity index (χ1v) is 21.6. The minimum Gasteiger partial charge on any atom is -0.425 e. The number of hydrogen-bond acceptors (Lipinski definition) is 5. The Labute approximate surface area is 360 Å². The normalized spacial score (nSPS) is 11.9. The van der Waals surface area contributed by atoms with Gasteiger partial charge in [-0.25, -0.2) is 0 Å². The summed E-state index contributed by atoms with van der Waals surface area (Å²) in [4.78, 5) is 4.63. The van der Waals surface area contributed by atoms with E-state index in [1.807, 2.05) is 11.3 Å². The van der Waals surface area contributed by atoms with Crippen molar-refractivity contribution < 1.29 is 8.83 Å². The standard InChI is InChI=1S/C56H35N3O2S/c1-4-14-36(15-5-1)57(41-24-28-44-43-20-10-12-22-49(43)59(50(44)34-41)38-18-8-3-9-19-38)39-26-30-51-48(33-39)55-46-29-25-42(35-52(46)61-56(55)60-51)58(37-16-6-2-7-17-37)40-27-31-54-47(32-40)45-21-11-13-23-53(45)62-54/h1-35H. The average molecular weight is 814 g/mol. The summed E-state index contributed by atoms with van der Waals surface area (Å²) >= 11 is 1.83. The first kappa shape index (κ1) is 34.8. The van der Waals surface area contributed by atoms with Crippen LogP contribution in [0.1, 0.15) is 0 Å². The van der Waals surface area contributed by atoms with E-state index in [0.29, 0.717) is 5.78 Å². The highest BCUT2D eigenvalue weighted by molar-refractivity contribution is 7.25. The topological polar surface area (TPSA) is 37.7 Å². The Bertz CT molecular complexity index is 3830. The zero-order valence-corrected chi connectivity index (χ0v) is 34.1. The van der Waals surface area contributed by atoms with Crippen LogP contribution in [0.15, 0.2) is 221 Å². The Balaban J connectivity index is 0.960. The van der Waals surface area contributed by atoms with Gasteiger partial charge in [-0.3, -0.25) is 0 Å². The maximum Gasteiger partial charge on any atom is 0.299 e. The molecule has 0 fully saturated rings. The molecule has 0 radical (unpaired) electrons. The van der Waals surface area contributed by atoms with Crippen molar-refractivity contribution in [2.24, 2.45) is 0 Å². The number of furan rings is 2. The molecule has 5 nitrogen and oxygen atoms in total. The highest BCUT2D eigenvalue weighted by atomic mass is 32.1. The van der Waals surface area contributed by atoms with Gasteiger partial charge >= 0.3 is 0 Å². The van der Waals surface area contributed by atoms with Gasteiger partial charge in [0.15, 0.2) is 0 Å². The molecule has 4 heterocycles. The van der Waals surface area contributed by atoms with Crippen LogP contribution >= 0.6 is 11.3 Å². The largest absolute Gasteiger partial charge is 0.425 e. The van der Waals surface area contributed by atoms with Crippen LogP contribution in [-0.2, 0) is 0 Å². The van der Waals surface area contributed by atoms with E-state index in [2.05, 4.69) is 227 Å². The van der Waals surface area contributed by atoms with Crippen molar-refractivity contribution in [1.82, 2.24) is 4.57 Å². The second-order valence-corrected chi connectivity index (χ2v) is 16.8. The number of hydrogen-bond donors (Lipinski definition) is 0. The van der Waals surface area contributed by atoms with E-state index in [-0.39, 0.29) is 0 Å². The van der Waals surface area contributed by atoms with Crippen LogP contribution in [-0.4, -0.2) is 4.57 Å². The van der Waals surface area contributed by atoms with Crippen LogP contribution in [0.25, 0.3) is 80.8 Å². The van der Waals surface area contributed by atoms with Gasteiger partial charge in [0.2, 0.25) is 0 Å². The molecule has 0 aliphatic carbocycles. The Morgan fingerprint density at radius 1 is 0.339 bits per heavy atom. The van der Waals surface area contributed by atoms with Gasteiger partial charge in [0.1, 0.15) is 11.2 Å². The molecule has 0 saturated heterocycles. The number of benzene rings is 9. The molecule has 0 amide bonds. The number of thiophene rings is 1. The number of anilines is 6. The number of rotatable bonds is 7. The molecule has 0 saturated carbocycles. The van der Waals surface area contributed by atoms with Gasteiger partial charge in [0, 0.05) is 87.6 Å². The lowest BCUT2D eigenvalue weighted by molar-refractivity contribution is 0.524. The zero-order valence-electron chi connectivity index (χ0n) is 33.3. The molecule has 0 aliphatic heterocycles. The highest BCUT2D eigenvalue weighted by Gasteiger charge is 2.23. The Hall–Kier alpha value is -8.06. The van der Waals surface area contributed by atoms with Gasteiger partial charge < -0.3 is 23.2 Å². The molecule has 0 aliphatic rings. The first-order valence-electron chi connectivity index (χ1n) is 20.8. The summed E-state index contributed by atoms with van der Waals surface area (Å²) in [6, 6.07) is 75.6. The Morgan fingerprint density at radius 3 is 1.63 bits per heavy atom. The van der Waals surface area contributed by atoms with Gasteiger partial charge in [-0.15, -0.1) is 11.3 Å². The fraction of sp³-hybridized carbons (Fsp3) is 0. The minimum absolute atomic E-state index is 0.516. The average Bonchev–Trinajstić information content (AvgIpc) is 4.08. The number of para-hydroxylation sites is 4. The molecular weight excluding hydrogens is 779 g/mol. The molecule has 0 bridgehead atoms. The van der Waals surface area contributed by atoms with Gasteiger partial charge in [0.25, 0.3) is 5.78 Å². The lowest BCUT2D eigenvalue weighted by Crippen LogP contribution is -2.10. The van der Waals surface area contributed by atoms with Gasteiger partial charge in [-0.05, 0) is 109 Å². The Morgan fingerprint density at radius 2 is 0.871 bits per heavy atom. The third-order valence-electron chi connectivity index (χ3n) is 12.2. The fourth-order valence-electron chi connectivity index (χ4n) is 9.43. The summed E-state index contributed by atoms with van der Waals surface area (Å²) in [6.07, 6.45) is 0.